The molecule has 118 valence electrons. The Morgan fingerprint density at radius 3 is 2.21 bits per heavy atom. The number of nitrogens with two attached hydrogens (primary N) is 1. The molecule has 3 N–H and O–H groups in total. The summed E-state index contributed by atoms with van der Waals surface area (Å²) in [6.07, 6.45) is 0. The van der Waals surface area contributed by atoms with E-state index in [0.29, 0.717) is 12.3 Å². The van der Waals surface area contributed by atoms with Crippen LogP contribution in [0, 0.1) is 0 Å². The van der Waals surface area contributed by atoms with E-state index >= 15 is 0 Å². The zero-order valence-corrected chi connectivity index (χ0v) is 14.8. The minimum atomic E-state index is -0.295. The van der Waals surface area contributed by atoms with Crippen molar-refractivity contribution in [2.45, 2.75) is 33.2 Å². The number of hydrogen-bond acceptors (Lipinski definition) is 4. The van der Waals surface area contributed by atoms with Crippen LogP contribution < -0.4 is 11.1 Å². The molecular weight excluding hydrogens is 305 g/mol. The molecule has 0 aliphatic carbocycles. The van der Waals surface area contributed by atoms with Gasteiger partial charge in [-0.05, 0) is 26.9 Å². The number of carbonyl (C=O) groups excluding carboxylic acids is 1. The summed E-state index contributed by atoms with van der Waals surface area (Å²) in [4.78, 5) is 14.0. The molecule has 0 heterocycles. The molecule has 0 aliphatic heterocycles. The molecule has 0 atom stereocenters. The van der Waals surface area contributed by atoms with Crippen LogP contribution in [0.25, 0.3) is 0 Å². The fourth-order valence-corrected chi connectivity index (χ4v) is 2.15. The Morgan fingerprint density at radius 2 is 1.79 bits per heavy atom. The Kier molecular flexibility index (Phi) is 17.1. The van der Waals surface area contributed by atoms with Crippen molar-refractivity contribution in [2.75, 3.05) is 37.7 Å². The third-order valence-corrected chi connectivity index (χ3v) is 3.61. The van der Waals surface area contributed by atoms with Crippen LogP contribution in [0.3, 0.4) is 0 Å². The highest BCUT2D eigenvalue weighted by molar-refractivity contribution is 7.99. The number of nitrogens with one attached hydrogen (secondary N) is 1. The lowest BCUT2D eigenvalue weighted by molar-refractivity contribution is -0.120. The number of rotatable bonds is 9. The van der Waals surface area contributed by atoms with Crippen LogP contribution in [0.5, 0.6) is 0 Å². The monoisotopic (exact) mass is 333 g/mol. The van der Waals surface area contributed by atoms with Gasteiger partial charge < -0.3 is 16.0 Å². The van der Waals surface area contributed by atoms with Crippen molar-refractivity contribution < 1.29 is 4.79 Å². The molecule has 7 heteroatoms. The van der Waals surface area contributed by atoms with Crippen LogP contribution >= 0.6 is 36.6 Å². The molecule has 0 unspecified atom stereocenters. The number of hydrogen-bond donors (Lipinski definition) is 2. The number of thioether (sulfide) groups is 1. The van der Waals surface area contributed by atoms with Crippen molar-refractivity contribution >= 4 is 42.5 Å². The Balaban J connectivity index is -0.00000128. The number of amides is 1. The van der Waals surface area contributed by atoms with Crippen molar-refractivity contribution in [3.05, 3.63) is 0 Å². The Hall–Kier alpha value is 0.320. The second kappa shape index (κ2) is 13.3. The van der Waals surface area contributed by atoms with E-state index in [0.717, 1.165) is 25.4 Å². The van der Waals surface area contributed by atoms with Crippen molar-refractivity contribution in [2.24, 2.45) is 5.73 Å². The lowest BCUT2D eigenvalue weighted by atomic mass is 10.1. The van der Waals surface area contributed by atoms with Gasteiger partial charge in [0, 0.05) is 24.4 Å². The van der Waals surface area contributed by atoms with Gasteiger partial charge in [-0.3, -0.25) is 4.79 Å². The van der Waals surface area contributed by atoms with Crippen molar-refractivity contribution in [1.29, 1.82) is 0 Å². The summed E-state index contributed by atoms with van der Waals surface area (Å²) in [5.41, 5.74) is 5.26. The molecule has 0 saturated heterocycles. The van der Waals surface area contributed by atoms with E-state index < -0.39 is 0 Å². The Morgan fingerprint density at radius 1 is 1.26 bits per heavy atom. The van der Waals surface area contributed by atoms with Gasteiger partial charge >= 0.3 is 0 Å². The molecule has 0 aromatic heterocycles. The van der Waals surface area contributed by atoms with E-state index in [4.69, 9.17) is 5.73 Å². The SMILES string of the molecule is CCN(CC)CCSCC(=O)NC(C)(C)CN.Cl.Cl. The predicted molar refractivity (Wildman–Crippen MR) is 90.9 cm³/mol. The van der Waals surface area contributed by atoms with E-state index in [1.54, 1.807) is 11.8 Å². The summed E-state index contributed by atoms with van der Waals surface area (Å²) in [5.74, 6) is 1.59. The van der Waals surface area contributed by atoms with Crippen molar-refractivity contribution in [3.8, 4) is 0 Å². The Labute approximate surface area is 134 Å². The smallest absolute Gasteiger partial charge is 0.230 e. The lowest BCUT2D eigenvalue weighted by Crippen LogP contribution is -2.49. The number of carbonyl (C=O) groups is 1. The molecule has 4 nitrogen and oxygen atoms in total. The van der Waals surface area contributed by atoms with Gasteiger partial charge in [-0.25, -0.2) is 0 Å². The molecule has 0 rings (SSSR count). The van der Waals surface area contributed by atoms with Gasteiger partial charge in [0.05, 0.1) is 5.75 Å². The van der Waals surface area contributed by atoms with Crippen LogP contribution in [-0.4, -0.2) is 54.0 Å². The molecular formula is C12H29Cl2N3OS. The first kappa shape index (κ1) is 24.3. The molecule has 0 aromatic rings. The summed E-state index contributed by atoms with van der Waals surface area (Å²) < 4.78 is 0. The fourth-order valence-electron chi connectivity index (χ4n) is 1.36. The second-order valence-electron chi connectivity index (χ2n) is 4.72. The highest BCUT2D eigenvalue weighted by Gasteiger charge is 2.17. The summed E-state index contributed by atoms with van der Waals surface area (Å²) in [7, 11) is 0. The first-order chi connectivity index (χ1) is 7.95. The van der Waals surface area contributed by atoms with Gasteiger partial charge in [0.1, 0.15) is 0 Å². The summed E-state index contributed by atoms with van der Waals surface area (Å²) >= 11 is 1.68. The third-order valence-electron chi connectivity index (χ3n) is 2.67. The second-order valence-corrected chi connectivity index (χ2v) is 5.82. The molecule has 0 fully saturated rings. The van der Waals surface area contributed by atoms with E-state index in [1.807, 2.05) is 13.8 Å². The van der Waals surface area contributed by atoms with Crippen LogP contribution in [0.4, 0.5) is 0 Å². The zero-order valence-electron chi connectivity index (χ0n) is 12.4. The summed E-state index contributed by atoms with van der Waals surface area (Å²) in [6, 6.07) is 0. The van der Waals surface area contributed by atoms with Crippen LogP contribution in [0.15, 0.2) is 0 Å². The van der Waals surface area contributed by atoms with Gasteiger partial charge in [0.15, 0.2) is 0 Å². The van der Waals surface area contributed by atoms with E-state index in [2.05, 4.69) is 24.1 Å². The third kappa shape index (κ3) is 13.1. The molecule has 0 spiro atoms. The normalized spacial score (nSPS) is 10.6. The minimum absolute atomic E-state index is 0. The molecule has 0 aliphatic rings. The van der Waals surface area contributed by atoms with E-state index in [9.17, 15) is 4.79 Å². The van der Waals surface area contributed by atoms with Gasteiger partial charge in [-0.2, -0.15) is 11.8 Å². The highest BCUT2D eigenvalue weighted by atomic mass is 35.5. The van der Waals surface area contributed by atoms with Crippen LogP contribution in [0.1, 0.15) is 27.7 Å². The van der Waals surface area contributed by atoms with Gasteiger partial charge in [0.2, 0.25) is 5.91 Å². The highest BCUT2D eigenvalue weighted by Crippen LogP contribution is 2.04. The first-order valence-electron chi connectivity index (χ1n) is 6.26. The summed E-state index contributed by atoms with van der Waals surface area (Å²) in [5, 5.41) is 2.92. The van der Waals surface area contributed by atoms with Gasteiger partial charge in [-0.1, -0.05) is 13.8 Å². The first-order valence-corrected chi connectivity index (χ1v) is 7.41. The van der Waals surface area contributed by atoms with Gasteiger partial charge in [-0.15, -0.1) is 24.8 Å². The molecule has 19 heavy (non-hydrogen) atoms. The quantitative estimate of drug-likeness (QED) is 0.631. The lowest BCUT2D eigenvalue weighted by Gasteiger charge is -2.24. The molecule has 0 aromatic carbocycles. The van der Waals surface area contributed by atoms with Gasteiger partial charge in [0.25, 0.3) is 0 Å². The van der Waals surface area contributed by atoms with Crippen LogP contribution in [0.2, 0.25) is 0 Å². The zero-order chi connectivity index (χ0) is 13.3. The maximum Gasteiger partial charge on any atom is 0.230 e. The van der Waals surface area contributed by atoms with Crippen molar-refractivity contribution in [1.82, 2.24) is 10.2 Å². The number of halogens is 2. The average Bonchev–Trinajstić information content (AvgIpc) is 2.29. The minimum Gasteiger partial charge on any atom is -0.349 e. The summed E-state index contributed by atoms with van der Waals surface area (Å²) in [6.45, 7) is 11.8. The van der Waals surface area contributed by atoms with E-state index in [1.165, 1.54) is 0 Å². The molecule has 1 amide bonds. The Bertz CT molecular complexity index is 227. The largest absolute Gasteiger partial charge is 0.349 e. The number of nitrogens with zero attached hydrogens (tertiary/aromatic N) is 1. The molecule has 0 bridgehead atoms. The standard InChI is InChI=1S/C12H27N3OS.2ClH/c1-5-15(6-2)7-8-17-9-11(16)14-12(3,4)10-13;;/h5-10,13H2,1-4H3,(H,14,16);2*1H. The van der Waals surface area contributed by atoms with E-state index in [-0.39, 0.29) is 36.3 Å². The van der Waals surface area contributed by atoms with Crippen molar-refractivity contribution in [3.63, 3.8) is 0 Å². The maximum absolute atomic E-state index is 11.6. The predicted octanol–water partition coefficient (Wildman–Crippen LogP) is 1.76. The van der Waals surface area contributed by atoms with Crippen LogP contribution in [-0.2, 0) is 4.79 Å². The average molecular weight is 334 g/mol. The molecule has 0 radical (unpaired) electrons. The molecule has 0 saturated carbocycles. The fraction of sp³-hybridized carbons (Fsp3) is 0.917. The maximum atomic E-state index is 11.6. The topological polar surface area (TPSA) is 58.4 Å².